The highest BCUT2D eigenvalue weighted by Gasteiger charge is 2.38. The molecule has 0 saturated carbocycles. The number of amides is 1. The SMILES string of the molecule is CCCN(C)C(=O)[C@@H]1C=C2c3ccc(Cl)c4[nH]c(Br)c(c34)C[C@H]2N(CC)C1. The number of nitrogens with zero attached hydrogens (tertiary/aromatic N) is 2. The van der Waals surface area contributed by atoms with Crippen LogP contribution in [-0.2, 0) is 11.2 Å². The highest BCUT2D eigenvalue weighted by molar-refractivity contribution is 9.10. The molecule has 0 spiro atoms. The van der Waals surface area contributed by atoms with Gasteiger partial charge in [-0.2, -0.15) is 0 Å². The van der Waals surface area contributed by atoms with Crippen LogP contribution in [0.2, 0.25) is 5.02 Å². The summed E-state index contributed by atoms with van der Waals surface area (Å²) in [5, 5.41) is 1.93. The molecule has 6 heteroatoms. The molecule has 2 heterocycles. The molecule has 2 aromatic rings. The van der Waals surface area contributed by atoms with Crippen LogP contribution >= 0.6 is 27.5 Å². The van der Waals surface area contributed by atoms with Crippen LogP contribution in [0.15, 0.2) is 22.8 Å². The van der Waals surface area contributed by atoms with E-state index in [-0.39, 0.29) is 11.8 Å². The normalized spacial score (nSPS) is 21.9. The summed E-state index contributed by atoms with van der Waals surface area (Å²) in [4.78, 5) is 20.7. The fourth-order valence-corrected chi connectivity index (χ4v) is 5.39. The number of carbonyl (C=O) groups excluding carboxylic acids is 1. The first-order chi connectivity index (χ1) is 13.0. The van der Waals surface area contributed by atoms with E-state index in [0.29, 0.717) is 6.04 Å². The van der Waals surface area contributed by atoms with E-state index in [2.05, 4.69) is 51.8 Å². The van der Waals surface area contributed by atoms with Gasteiger partial charge in [0.15, 0.2) is 0 Å². The van der Waals surface area contributed by atoms with E-state index in [1.807, 2.05) is 18.0 Å². The number of halogens is 2. The molecule has 2 atom stereocenters. The Morgan fingerprint density at radius 2 is 2.19 bits per heavy atom. The highest BCUT2D eigenvalue weighted by atomic mass is 79.9. The zero-order chi connectivity index (χ0) is 19.3. The zero-order valence-electron chi connectivity index (χ0n) is 16.0. The molecule has 0 radical (unpaired) electrons. The number of nitrogens with one attached hydrogen (secondary N) is 1. The van der Waals surface area contributed by atoms with Gasteiger partial charge in [0.2, 0.25) is 5.91 Å². The Balaban J connectivity index is 1.84. The van der Waals surface area contributed by atoms with Crippen molar-refractivity contribution in [2.75, 3.05) is 26.7 Å². The highest BCUT2D eigenvalue weighted by Crippen LogP contribution is 2.45. The average Bonchev–Trinajstić information content (AvgIpc) is 3.00. The van der Waals surface area contributed by atoms with Crippen molar-refractivity contribution in [1.29, 1.82) is 0 Å². The van der Waals surface area contributed by atoms with Crippen LogP contribution in [0.1, 0.15) is 31.4 Å². The van der Waals surface area contributed by atoms with E-state index < -0.39 is 0 Å². The molecule has 27 heavy (non-hydrogen) atoms. The molecule has 1 aliphatic heterocycles. The van der Waals surface area contributed by atoms with Gasteiger partial charge in [0, 0.05) is 31.6 Å². The van der Waals surface area contributed by atoms with Gasteiger partial charge in [-0.3, -0.25) is 9.69 Å². The van der Waals surface area contributed by atoms with Crippen molar-refractivity contribution in [3.63, 3.8) is 0 Å². The van der Waals surface area contributed by atoms with Crippen LogP contribution < -0.4 is 0 Å². The summed E-state index contributed by atoms with van der Waals surface area (Å²) in [7, 11) is 1.91. The molecular formula is C21H25BrClN3O. The summed E-state index contributed by atoms with van der Waals surface area (Å²) in [5.41, 5.74) is 4.75. The van der Waals surface area contributed by atoms with E-state index in [0.717, 1.165) is 47.6 Å². The third kappa shape index (κ3) is 3.04. The van der Waals surface area contributed by atoms with Crippen LogP contribution in [0.25, 0.3) is 16.5 Å². The molecule has 0 fully saturated rings. The minimum Gasteiger partial charge on any atom is -0.348 e. The van der Waals surface area contributed by atoms with Crippen LogP contribution in [0.5, 0.6) is 0 Å². The fraction of sp³-hybridized carbons (Fsp3) is 0.476. The van der Waals surface area contributed by atoms with Crippen LogP contribution in [-0.4, -0.2) is 53.4 Å². The number of benzene rings is 1. The van der Waals surface area contributed by atoms with Gasteiger partial charge < -0.3 is 9.88 Å². The first-order valence-electron chi connectivity index (χ1n) is 9.65. The molecule has 4 rings (SSSR count). The fourth-order valence-electron chi connectivity index (χ4n) is 4.63. The maximum absolute atomic E-state index is 13.0. The van der Waals surface area contributed by atoms with Crippen molar-refractivity contribution in [3.8, 4) is 0 Å². The molecule has 0 saturated heterocycles. The molecule has 1 aliphatic carbocycles. The van der Waals surface area contributed by atoms with Crippen molar-refractivity contribution in [1.82, 2.24) is 14.8 Å². The van der Waals surface area contributed by atoms with Gasteiger partial charge in [-0.05, 0) is 58.1 Å². The molecule has 2 aliphatic rings. The summed E-state index contributed by atoms with van der Waals surface area (Å²) in [5.74, 6) is 0.120. The van der Waals surface area contributed by atoms with Gasteiger partial charge in [-0.1, -0.05) is 37.6 Å². The Morgan fingerprint density at radius 3 is 2.89 bits per heavy atom. The number of aromatic amines is 1. The van der Waals surface area contributed by atoms with Gasteiger partial charge in [0.25, 0.3) is 0 Å². The lowest BCUT2D eigenvalue weighted by Crippen LogP contribution is -2.48. The first kappa shape index (κ1) is 19.0. The van der Waals surface area contributed by atoms with Crippen molar-refractivity contribution >= 4 is 49.9 Å². The number of fused-ring (bicyclic) bond motifs is 2. The van der Waals surface area contributed by atoms with Gasteiger partial charge >= 0.3 is 0 Å². The summed E-state index contributed by atoms with van der Waals surface area (Å²) in [6.45, 7) is 6.80. The number of H-pyrrole nitrogens is 1. The van der Waals surface area contributed by atoms with Crippen molar-refractivity contribution < 1.29 is 4.79 Å². The molecule has 1 aromatic heterocycles. The lowest BCUT2D eigenvalue weighted by atomic mass is 9.79. The number of likely N-dealkylation sites (N-methyl/N-ethyl adjacent to an activating group) is 1. The van der Waals surface area contributed by atoms with Crippen molar-refractivity contribution in [2.45, 2.75) is 32.7 Å². The summed E-state index contributed by atoms with van der Waals surface area (Å²) in [6, 6.07) is 4.38. The standard InChI is InChI=1S/C21H25BrClN3O/c1-4-8-25(3)21(27)12-9-14-13-6-7-16(23)19-18(13)15(20(22)24-19)10-17(14)26(5-2)11-12/h6-7,9,12,17,24H,4-5,8,10-11H2,1-3H3/t12-,17-/m1/s1. The smallest absolute Gasteiger partial charge is 0.230 e. The molecule has 0 bridgehead atoms. The first-order valence-corrected chi connectivity index (χ1v) is 10.8. The predicted octanol–water partition coefficient (Wildman–Crippen LogP) is 4.71. The minimum atomic E-state index is -0.0950. The predicted molar refractivity (Wildman–Crippen MR) is 115 cm³/mol. The lowest BCUT2D eigenvalue weighted by Gasteiger charge is -2.41. The van der Waals surface area contributed by atoms with Crippen LogP contribution in [0.3, 0.4) is 0 Å². The van der Waals surface area contributed by atoms with Gasteiger partial charge in [0.1, 0.15) is 0 Å². The lowest BCUT2D eigenvalue weighted by molar-refractivity contribution is -0.133. The Bertz CT molecular complexity index is 935. The third-order valence-electron chi connectivity index (χ3n) is 5.93. The quantitative estimate of drug-likeness (QED) is 0.732. The van der Waals surface area contributed by atoms with E-state index in [1.54, 1.807) is 0 Å². The molecule has 4 nitrogen and oxygen atoms in total. The summed E-state index contributed by atoms with van der Waals surface area (Å²) >= 11 is 10.1. The second kappa shape index (κ2) is 7.26. The monoisotopic (exact) mass is 449 g/mol. The van der Waals surface area contributed by atoms with Gasteiger partial charge in [0.05, 0.1) is 21.1 Å². The molecule has 0 unspecified atom stereocenters. The summed E-state index contributed by atoms with van der Waals surface area (Å²) < 4.78 is 1.02. The molecule has 144 valence electrons. The second-order valence-electron chi connectivity index (χ2n) is 7.56. The largest absolute Gasteiger partial charge is 0.348 e. The van der Waals surface area contributed by atoms with E-state index in [9.17, 15) is 4.79 Å². The van der Waals surface area contributed by atoms with Crippen molar-refractivity contribution in [3.05, 3.63) is 39.0 Å². The maximum atomic E-state index is 13.0. The number of hydrogen-bond acceptors (Lipinski definition) is 2. The Kier molecular flexibility index (Phi) is 5.12. The minimum absolute atomic E-state index is 0.0950. The summed E-state index contributed by atoms with van der Waals surface area (Å²) in [6.07, 6.45) is 4.13. The van der Waals surface area contributed by atoms with Gasteiger partial charge in [-0.25, -0.2) is 0 Å². The Labute approximate surface area is 173 Å². The molecule has 1 N–H and O–H groups in total. The maximum Gasteiger partial charge on any atom is 0.230 e. The van der Waals surface area contributed by atoms with Crippen LogP contribution in [0.4, 0.5) is 0 Å². The molecular weight excluding hydrogens is 426 g/mol. The van der Waals surface area contributed by atoms with Gasteiger partial charge in [-0.15, -0.1) is 0 Å². The third-order valence-corrected chi connectivity index (χ3v) is 6.93. The Hall–Kier alpha value is -1.30. The number of hydrogen-bond donors (Lipinski definition) is 1. The topological polar surface area (TPSA) is 39.3 Å². The number of rotatable bonds is 4. The van der Waals surface area contributed by atoms with E-state index in [1.165, 1.54) is 22.1 Å². The van der Waals surface area contributed by atoms with E-state index in [4.69, 9.17) is 11.6 Å². The van der Waals surface area contributed by atoms with Crippen molar-refractivity contribution in [2.24, 2.45) is 5.92 Å². The number of aromatic nitrogens is 1. The number of carbonyl (C=O) groups is 1. The molecule has 1 aromatic carbocycles. The van der Waals surface area contributed by atoms with E-state index >= 15 is 0 Å². The zero-order valence-corrected chi connectivity index (χ0v) is 18.3. The Morgan fingerprint density at radius 1 is 1.41 bits per heavy atom. The van der Waals surface area contributed by atoms with Crippen LogP contribution in [0, 0.1) is 5.92 Å². The average molecular weight is 451 g/mol. The molecule has 1 amide bonds. The second-order valence-corrected chi connectivity index (χ2v) is 8.76.